The topological polar surface area (TPSA) is 58.1 Å². The Morgan fingerprint density at radius 2 is 1.74 bits per heavy atom. The SMILES string of the molecule is O=C(c1ccccc1-c1ccccc1)N1CC2CC2C1CNc1cnc2cc(F)c(F)cc2n1. The minimum absolute atomic E-state index is 0.0283. The maximum atomic E-state index is 13.7. The van der Waals surface area contributed by atoms with Crippen LogP contribution in [-0.4, -0.2) is 39.9 Å². The number of piperidine rings is 1. The van der Waals surface area contributed by atoms with Gasteiger partial charge < -0.3 is 10.2 Å². The van der Waals surface area contributed by atoms with Crippen LogP contribution in [0.15, 0.2) is 72.9 Å². The number of carbonyl (C=O) groups is 1. The number of nitrogens with zero attached hydrogens (tertiary/aromatic N) is 3. The zero-order chi connectivity index (χ0) is 23.2. The smallest absolute Gasteiger partial charge is 0.254 e. The lowest BCUT2D eigenvalue weighted by Crippen LogP contribution is -2.42. The standard InChI is InChI=1S/C27H22F2N4O/c28-21-11-23-24(12-22(21)29)32-26(14-30-23)31-13-25-20-10-17(20)15-33(25)27(34)19-9-5-4-8-18(19)16-6-2-1-3-7-16/h1-9,11-12,14,17,20,25H,10,13,15H2,(H,31,32). The van der Waals surface area contributed by atoms with Crippen LogP contribution in [0.3, 0.4) is 0 Å². The maximum absolute atomic E-state index is 13.7. The van der Waals surface area contributed by atoms with Gasteiger partial charge in [-0.3, -0.25) is 9.78 Å². The number of aromatic nitrogens is 2. The van der Waals surface area contributed by atoms with Gasteiger partial charge in [-0.2, -0.15) is 0 Å². The molecule has 0 bridgehead atoms. The molecule has 0 spiro atoms. The molecule has 4 aromatic rings. The highest BCUT2D eigenvalue weighted by Crippen LogP contribution is 2.50. The van der Waals surface area contributed by atoms with E-state index < -0.39 is 11.6 Å². The molecule has 2 aliphatic rings. The monoisotopic (exact) mass is 456 g/mol. The molecule has 1 aliphatic heterocycles. The van der Waals surface area contributed by atoms with Crippen molar-refractivity contribution in [3.8, 4) is 11.1 Å². The van der Waals surface area contributed by atoms with Gasteiger partial charge in [-0.25, -0.2) is 13.8 Å². The fourth-order valence-electron chi connectivity index (χ4n) is 5.06. The Labute approximate surface area is 195 Å². The van der Waals surface area contributed by atoms with Crippen molar-refractivity contribution in [2.45, 2.75) is 12.5 Å². The number of hydrogen-bond acceptors (Lipinski definition) is 4. The highest BCUT2D eigenvalue weighted by atomic mass is 19.2. The molecule has 3 aromatic carbocycles. The molecule has 2 fully saturated rings. The fourth-order valence-corrected chi connectivity index (χ4v) is 5.06. The number of anilines is 1. The minimum Gasteiger partial charge on any atom is -0.367 e. The molecule has 34 heavy (non-hydrogen) atoms. The maximum Gasteiger partial charge on any atom is 0.254 e. The quantitative estimate of drug-likeness (QED) is 0.451. The van der Waals surface area contributed by atoms with E-state index in [0.29, 0.717) is 35.3 Å². The van der Waals surface area contributed by atoms with Crippen molar-refractivity contribution in [1.82, 2.24) is 14.9 Å². The average Bonchev–Trinajstić information content (AvgIpc) is 3.55. The molecule has 1 saturated heterocycles. The number of nitrogens with one attached hydrogen (secondary N) is 1. The van der Waals surface area contributed by atoms with Crippen molar-refractivity contribution < 1.29 is 13.6 Å². The molecule has 3 atom stereocenters. The molecule has 3 unspecified atom stereocenters. The van der Waals surface area contributed by atoms with E-state index in [1.54, 1.807) is 0 Å². The van der Waals surface area contributed by atoms with E-state index >= 15 is 0 Å². The third kappa shape index (κ3) is 3.67. The van der Waals surface area contributed by atoms with Gasteiger partial charge in [0.05, 0.1) is 23.3 Å². The Balaban J connectivity index is 1.23. The molecular weight excluding hydrogens is 434 g/mol. The Kier molecular flexibility index (Phi) is 4.98. The van der Waals surface area contributed by atoms with E-state index in [2.05, 4.69) is 15.3 Å². The Morgan fingerprint density at radius 3 is 2.56 bits per heavy atom. The number of benzene rings is 3. The van der Waals surface area contributed by atoms with Gasteiger partial charge in [0.25, 0.3) is 5.91 Å². The van der Waals surface area contributed by atoms with E-state index in [0.717, 1.165) is 36.2 Å². The number of rotatable bonds is 5. The van der Waals surface area contributed by atoms with E-state index in [4.69, 9.17) is 0 Å². The number of carbonyl (C=O) groups excluding carboxylic acids is 1. The second-order valence-electron chi connectivity index (χ2n) is 8.99. The number of halogens is 2. The second-order valence-corrected chi connectivity index (χ2v) is 8.99. The summed E-state index contributed by atoms with van der Waals surface area (Å²) in [5, 5.41) is 3.27. The highest BCUT2D eigenvalue weighted by Gasteiger charge is 2.53. The summed E-state index contributed by atoms with van der Waals surface area (Å²) in [6.07, 6.45) is 2.63. The summed E-state index contributed by atoms with van der Waals surface area (Å²) in [7, 11) is 0. The molecular formula is C27H22F2N4O. The average molecular weight is 456 g/mol. The number of fused-ring (bicyclic) bond motifs is 2. The summed E-state index contributed by atoms with van der Waals surface area (Å²) in [4.78, 5) is 24.2. The van der Waals surface area contributed by atoms with Crippen molar-refractivity contribution in [2.75, 3.05) is 18.4 Å². The predicted molar refractivity (Wildman–Crippen MR) is 126 cm³/mol. The summed E-state index contributed by atoms with van der Waals surface area (Å²) in [6, 6.07) is 19.8. The van der Waals surface area contributed by atoms with Crippen molar-refractivity contribution in [2.24, 2.45) is 11.8 Å². The zero-order valence-corrected chi connectivity index (χ0v) is 18.3. The van der Waals surface area contributed by atoms with Gasteiger partial charge in [0.2, 0.25) is 0 Å². The van der Waals surface area contributed by atoms with Crippen LogP contribution in [0.2, 0.25) is 0 Å². The normalized spacial score (nSPS) is 20.9. The minimum atomic E-state index is -0.954. The molecule has 2 heterocycles. The number of likely N-dealkylation sites (tertiary alicyclic amines) is 1. The molecule has 5 nitrogen and oxygen atoms in total. The predicted octanol–water partition coefficient (Wildman–Crippen LogP) is 5.15. The first kappa shape index (κ1) is 20.7. The van der Waals surface area contributed by atoms with Crippen LogP contribution in [0, 0.1) is 23.5 Å². The van der Waals surface area contributed by atoms with Gasteiger partial charge in [-0.15, -0.1) is 0 Å². The molecule has 1 saturated carbocycles. The van der Waals surface area contributed by atoms with E-state index in [-0.39, 0.29) is 17.5 Å². The molecule has 1 aliphatic carbocycles. The lowest BCUT2D eigenvalue weighted by molar-refractivity contribution is 0.0716. The van der Waals surface area contributed by atoms with Crippen molar-refractivity contribution >= 4 is 22.8 Å². The van der Waals surface area contributed by atoms with Gasteiger partial charge in [-0.05, 0) is 35.4 Å². The lowest BCUT2D eigenvalue weighted by atomic mass is 9.98. The zero-order valence-electron chi connectivity index (χ0n) is 18.3. The van der Waals surface area contributed by atoms with Crippen molar-refractivity contribution in [3.05, 3.63) is 90.1 Å². The van der Waals surface area contributed by atoms with Crippen LogP contribution in [0.4, 0.5) is 14.6 Å². The van der Waals surface area contributed by atoms with Crippen molar-refractivity contribution in [3.63, 3.8) is 0 Å². The highest BCUT2D eigenvalue weighted by molar-refractivity contribution is 6.01. The van der Waals surface area contributed by atoms with Gasteiger partial charge in [0, 0.05) is 30.8 Å². The largest absolute Gasteiger partial charge is 0.367 e. The summed E-state index contributed by atoms with van der Waals surface area (Å²) < 4.78 is 27.1. The molecule has 1 N–H and O–H groups in total. The molecule has 6 rings (SSSR count). The Hall–Kier alpha value is -3.87. The van der Waals surface area contributed by atoms with E-state index in [9.17, 15) is 13.6 Å². The van der Waals surface area contributed by atoms with Crippen LogP contribution in [0.1, 0.15) is 16.8 Å². The summed E-state index contributed by atoms with van der Waals surface area (Å²) in [5.74, 6) is -0.414. The second kappa shape index (κ2) is 8.17. The van der Waals surface area contributed by atoms with Crippen LogP contribution in [0.25, 0.3) is 22.2 Å². The molecule has 0 radical (unpaired) electrons. The van der Waals surface area contributed by atoms with E-state index in [1.807, 2.05) is 59.5 Å². The summed E-state index contributed by atoms with van der Waals surface area (Å²) in [5.41, 5.74) is 3.21. The van der Waals surface area contributed by atoms with Crippen molar-refractivity contribution in [1.29, 1.82) is 0 Å². The fraction of sp³-hybridized carbons (Fsp3) is 0.222. The lowest BCUT2D eigenvalue weighted by Gasteiger charge is -2.29. The van der Waals surface area contributed by atoms with Crippen LogP contribution >= 0.6 is 0 Å². The molecule has 1 amide bonds. The third-order valence-electron chi connectivity index (χ3n) is 6.88. The first-order valence-electron chi connectivity index (χ1n) is 11.4. The summed E-state index contributed by atoms with van der Waals surface area (Å²) in [6.45, 7) is 1.26. The van der Waals surface area contributed by atoms with E-state index in [1.165, 1.54) is 6.20 Å². The van der Waals surface area contributed by atoms with Gasteiger partial charge in [0.15, 0.2) is 11.6 Å². The number of hydrogen-bond donors (Lipinski definition) is 1. The number of amides is 1. The third-order valence-corrected chi connectivity index (χ3v) is 6.88. The van der Waals surface area contributed by atoms with Crippen LogP contribution in [0.5, 0.6) is 0 Å². The Bertz CT molecular complexity index is 1390. The first-order valence-corrected chi connectivity index (χ1v) is 11.4. The van der Waals surface area contributed by atoms with Gasteiger partial charge >= 0.3 is 0 Å². The Morgan fingerprint density at radius 1 is 1.00 bits per heavy atom. The van der Waals surface area contributed by atoms with Crippen LogP contribution < -0.4 is 5.32 Å². The molecule has 7 heteroatoms. The summed E-state index contributed by atoms with van der Waals surface area (Å²) >= 11 is 0. The van der Waals surface area contributed by atoms with Gasteiger partial charge in [-0.1, -0.05) is 48.5 Å². The first-order chi connectivity index (χ1) is 16.6. The molecule has 170 valence electrons. The van der Waals surface area contributed by atoms with Gasteiger partial charge in [0.1, 0.15) is 5.82 Å². The van der Waals surface area contributed by atoms with Crippen LogP contribution in [-0.2, 0) is 0 Å². The molecule has 1 aromatic heterocycles.